The van der Waals surface area contributed by atoms with E-state index < -0.39 is 0 Å². The minimum atomic E-state index is 0.676. The number of methoxy groups -OCH3 is 1. The van der Waals surface area contributed by atoms with Crippen molar-refractivity contribution < 1.29 is 4.74 Å². The zero-order chi connectivity index (χ0) is 19.5. The molecule has 0 saturated carbocycles. The molecular weight excluding hydrogens is 336 g/mol. The fraction of sp³-hybridized carbons (Fsp3) is 0.682. The summed E-state index contributed by atoms with van der Waals surface area (Å²) < 4.78 is 5.21. The number of likely N-dealkylation sites (tertiary alicyclic amines) is 1. The first-order valence-electron chi connectivity index (χ1n) is 10.5. The molecule has 0 bridgehead atoms. The lowest BCUT2D eigenvalue weighted by molar-refractivity contribution is 0.162. The van der Waals surface area contributed by atoms with Crippen molar-refractivity contribution in [2.75, 3.05) is 46.4 Å². The van der Waals surface area contributed by atoms with Gasteiger partial charge >= 0.3 is 0 Å². The molecule has 0 spiro atoms. The number of nitrogens with zero attached hydrogens (tertiary/aromatic N) is 2. The average molecular weight is 375 g/mol. The summed E-state index contributed by atoms with van der Waals surface area (Å²) in [5.41, 5.74) is 1.30. The Balaban J connectivity index is 1.78. The molecule has 152 valence electrons. The van der Waals surface area contributed by atoms with E-state index in [0.29, 0.717) is 5.92 Å². The van der Waals surface area contributed by atoms with E-state index in [-0.39, 0.29) is 0 Å². The lowest BCUT2D eigenvalue weighted by Crippen LogP contribution is -2.41. The summed E-state index contributed by atoms with van der Waals surface area (Å²) in [6.07, 6.45) is 3.57. The minimum Gasteiger partial charge on any atom is -0.497 e. The number of hydrogen-bond donors (Lipinski definition) is 2. The van der Waals surface area contributed by atoms with Crippen LogP contribution in [0.2, 0.25) is 0 Å². The van der Waals surface area contributed by atoms with E-state index in [0.717, 1.165) is 43.7 Å². The molecule has 0 radical (unpaired) electrons. The quantitative estimate of drug-likeness (QED) is 0.515. The van der Waals surface area contributed by atoms with Gasteiger partial charge < -0.3 is 20.3 Å². The van der Waals surface area contributed by atoms with Crippen LogP contribution in [0.5, 0.6) is 5.75 Å². The fourth-order valence-corrected chi connectivity index (χ4v) is 3.66. The van der Waals surface area contributed by atoms with Gasteiger partial charge in [-0.2, -0.15) is 0 Å². The van der Waals surface area contributed by atoms with Crippen molar-refractivity contribution in [3.63, 3.8) is 0 Å². The summed E-state index contributed by atoms with van der Waals surface area (Å²) >= 11 is 0. The van der Waals surface area contributed by atoms with Gasteiger partial charge in [-0.05, 0) is 62.3 Å². The Kier molecular flexibility index (Phi) is 9.46. The Morgan fingerprint density at radius 1 is 1.26 bits per heavy atom. The van der Waals surface area contributed by atoms with Crippen molar-refractivity contribution in [3.05, 3.63) is 29.8 Å². The van der Waals surface area contributed by atoms with Crippen LogP contribution in [0.15, 0.2) is 29.3 Å². The Labute approximate surface area is 165 Å². The average Bonchev–Trinajstić information content (AvgIpc) is 2.66. The highest BCUT2D eigenvalue weighted by atomic mass is 16.5. The summed E-state index contributed by atoms with van der Waals surface area (Å²) in [5, 5.41) is 6.85. The zero-order valence-corrected chi connectivity index (χ0v) is 17.6. The summed E-state index contributed by atoms with van der Waals surface area (Å²) in [6, 6.07) is 8.27. The summed E-state index contributed by atoms with van der Waals surface area (Å²) in [5.74, 6) is 3.26. The molecule has 27 heavy (non-hydrogen) atoms. The molecule has 5 heteroatoms. The van der Waals surface area contributed by atoms with Gasteiger partial charge in [-0.3, -0.25) is 4.99 Å². The van der Waals surface area contributed by atoms with Crippen LogP contribution < -0.4 is 15.4 Å². The van der Waals surface area contributed by atoms with Crippen LogP contribution in [0.25, 0.3) is 0 Å². The van der Waals surface area contributed by atoms with Gasteiger partial charge in [-0.25, -0.2) is 0 Å². The van der Waals surface area contributed by atoms with Crippen molar-refractivity contribution in [2.24, 2.45) is 16.8 Å². The van der Waals surface area contributed by atoms with Crippen molar-refractivity contribution in [1.29, 1.82) is 0 Å². The molecule has 0 aliphatic carbocycles. The molecule has 0 aromatic heterocycles. The van der Waals surface area contributed by atoms with Gasteiger partial charge in [0.25, 0.3) is 0 Å². The fourth-order valence-electron chi connectivity index (χ4n) is 3.66. The van der Waals surface area contributed by atoms with Crippen LogP contribution >= 0.6 is 0 Å². The van der Waals surface area contributed by atoms with Gasteiger partial charge in [0.1, 0.15) is 5.75 Å². The maximum absolute atomic E-state index is 5.21. The number of rotatable bonds is 9. The number of aliphatic imine (C=N–C) groups is 1. The molecule has 2 rings (SSSR count). The molecule has 1 heterocycles. The predicted octanol–water partition coefficient (Wildman–Crippen LogP) is 3.16. The molecule has 1 fully saturated rings. The van der Waals surface area contributed by atoms with Crippen LogP contribution in [0.1, 0.15) is 39.2 Å². The van der Waals surface area contributed by atoms with Crippen LogP contribution in [0.4, 0.5) is 0 Å². The van der Waals surface area contributed by atoms with Crippen LogP contribution in [0, 0.1) is 11.8 Å². The van der Waals surface area contributed by atoms with E-state index in [1.807, 2.05) is 12.1 Å². The molecule has 2 N–H and O–H groups in total. The largest absolute Gasteiger partial charge is 0.497 e. The second kappa shape index (κ2) is 11.9. The molecule has 1 aliphatic heterocycles. The molecule has 1 saturated heterocycles. The monoisotopic (exact) mass is 374 g/mol. The van der Waals surface area contributed by atoms with Gasteiger partial charge in [-0.15, -0.1) is 0 Å². The third-order valence-corrected chi connectivity index (χ3v) is 4.94. The molecule has 5 nitrogen and oxygen atoms in total. The van der Waals surface area contributed by atoms with Crippen molar-refractivity contribution in [1.82, 2.24) is 15.5 Å². The number of hydrogen-bond acceptors (Lipinski definition) is 3. The highest BCUT2D eigenvalue weighted by Gasteiger charge is 2.20. The lowest BCUT2D eigenvalue weighted by Gasteiger charge is -2.33. The van der Waals surface area contributed by atoms with Crippen LogP contribution in [-0.2, 0) is 6.42 Å². The van der Waals surface area contributed by atoms with Gasteiger partial charge in [0.15, 0.2) is 5.96 Å². The highest BCUT2D eigenvalue weighted by molar-refractivity contribution is 5.79. The lowest BCUT2D eigenvalue weighted by atomic mass is 9.97. The Hall–Kier alpha value is -1.75. The van der Waals surface area contributed by atoms with Crippen molar-refractivity contribution in [2.45, 2.75) is 40.0 Å². The molecule has 0 amide bonds. The number of ether oxygens (including phenoxy) is 1. The van der Waals surface area contributed by atoms with Crippen molar-refractivity contribution in [3.8, 4) is 5.75 Å². The van der Waals surface area contributed by atoms with Crippen LogP contribution in [0.3, 0.4) is 0 Å². The topological polar surface area (TPSA) is 48.9 Å². The van der Waals surface area contributed by atoms with E-state index >= 15 is 0 Å². The van der Waals surface area contributed by atoms with Gasteiger partial charge in [0, 0.05) is 32.7 Å². The Morgan fingerprint density at radius 2 is 2.04 bits per heavy atom. The Morgan fingerprint density at radius 3 is 2.70 bits per heavy atom. The van der Waals surface area contributed by atoms with Gasteiger partial charge in [-0.1, -0.05) is 26.0 Å². The molecule has 1 aromatic carbocycles. The SMILES string of the molecule is CCNC(=NCC1CCCN(CC(C)C)C1)NCCc1ccc(OC)cc1. The molecule has 1 aromatic rings. The van der Waals surface area contributed by atoms with Gasteiger partial charge in [0.2, 0.25) is 0 Å². The number of nitrogens with one attached hydrogen (secondary N) is 2. The summed E-state index contributed by atoms with van der Waals surface area (Å²) in [6.45, 7) is 13.0. The first kappa shape index (κ1) is 21.5. The van der Waals surface area contributed by atoms with E-state index in [2.05, 4.69) is 48.4 Å². The minimum absolute atomic E-state index is 0.676. The standard InChI is InChI=1S/C22H38N4O/c1-5-23-22(24-13-12-19-8-10-21(27-4)11-9-19)25-15-20-7-6-14-26(17-20)16-18(2)3/h8-11,18,20H,5-7,12-17H2,1-4H3,(H2,23,24,25). The van der Waals surface area contributed by atoms with Gasteiger partial charge in [0.05, 0.1) is 7.11 Å². The highest BCUT2D eigenvalue weighted by Crippen LogP contribution is 2.17. The van der Waals surface area contributed by atoms with E-state index in [9.17, 15) is 0 Å². The number of guanidine groups is 1. The molecule has 1 unspecified atom stereocenters. The first-order chi connectivity index (χ1) is 13.1. The normalized spacial score (nSPS) is 18.6. The maximum atomic E-state index is 5.21. The second-order valence-electron chi connectivity index (χ2n) is 7.91. The number of benzene rings is 1. The van der Waals surface area contributed by atoms with Crippen molar-refractivity contribution >= 4 is 5.96 Å². The van der Waals surface area contributed by atoms with Crippen LogP contribution in [-0.4, -0.2) is 57.2 Å². The molecular formula is C22H38N4O. The molecule has 1 atom stereocenters. The Bertz CT molecular complexity index is 556. The maximum Gasteiger partial charge on any atom is 0.191 e. The summed E-state index contributed by atoms with van der Waals surface area (Å²) in [7, 11) is 1.70. The predicted molar refractivity (Wildman–Crippen MR) is 115 cm³/mol. The number of piperidine rings is 1. The zero-order valence-electron chi connectivity index (χ0n) is 17.6. The smallest absolute Gasteiger partial charge is 0.191 e. The third-order valence-electron chi connectivity index (χ3n) is 4.94. The second-order valence-corrected chi connectivity index (χ2v) is 7.91. The van der Waals surface area contributed by atoms with E-state index in [4.69, 9.17) is 9.73 Å². The van der Waals surface area contributed by atoms with E-state index in [1.165, 1.54) is 38.0 Å². The third kappa shape index (κ3) is 8.21. The molecule has 1 aliphatic rings. The summed E-state index contributed by atoms with van der Waals surface area (Å²) in [4.78, 5) is 7.47. The van der Waals surface area contributed by atoms with E-state index in [1.54, 1.807) is 7.11 Å². The first-order valence-corrected chi connectivity index (χ1v) is 10.5.